The molecule has 0 aromatic carbocycles. The Hall–Kier alpha value is -1.26. The van der Waals surface area contributed by atoms with Gasteiger partial charge < -0.3 is 34.3 Å². The highest BCUT2D eigenvalue weighted by molar-refractivity contribution is 5.70. The van der Waals surface area contributed by atoms with Crippen molar-refractivity contribution in [3.8, 4) is 0 Å². The molecule has 1 aliphatic rings. The monoisotopic (exact) mass is 406 g/mol. The summed E-state index contributed by atoms with van der Waals surface area (Å²) in [4.78, 5) is 23.7. The molecule has 1 heterocycles. The first-order chi connectivity index (χ1) is 13.4. The molecule has 164 valence electrons. The Morgan fingerprint density at radius 2 is 1.64 bits per heavy atom. The van der Waals surface area contributed by atoms with Crippen molar-refractivity contribution in [2.24, 2.45) is 0 Å². The second-order valence-corrected chi connectivity index (χ2v) is 6.94. The molecule has 9 heteroatoms. The van der Waals surface area contributed by atoms with E-state index in [1.54, 1.807) is 0 Å². The minimum Gasteiger partial charge on any atom is -0.462 e. The number of unbranched alkanes of at least 4 members (excludes halogenated alkanes) is 3. The van der Waals surface area contributed by atoms with Gasteiger partial charge in [0.05, 0.1) is 13.2 Å². The summed E-state index contributed by atoms with van der Waals surface area (Å²) in [7, 11) is 0. The number of ether oxygens (including phenoxy) is 4. The Morgan fingerprint density at radius 3 is 2.32 bits per heavy atom. The molecule has 0 spiro atoms. The number of carbonyl (C=O) groups is 2. The van der Waals surface area contributed by atoms with Gasteiger partial charge in [-0.15, -0.1) is 0 Å². The summed E-state index contributed by atoms with van der Waals surface area (Å²) >= 11 is 0. The number of aliphatic hydroxyl groups is 3. The number of esters is 2. The zero-order chi connectivity index (χ0) is 20.9. The molecule has 1 aliphatic heterocycles. The van der Waals surface area contributed by atoms with Crippen LogP contribution in [0.1, 0.15) is 58.8 Å². The average Bonchev–Trinajstić information content (AvgIpc) is 2.68. The second-order valence-electron chi connectivity index (χ2n) is 6.94. The molecule has 0 amide bonds. The third-order valence-corrected chi connectivity index (χ3v) is 4.35. The Morgan fingerprint density at radius 1 is 0.964 bits per heavy atom. The summed E-state index contributed by atoms with van der Waals surface area (Å²) in [5.74, 6) is -0.811. The summed E-state index contributed by atoms with van der Waals surface area (Å²) in [5, 5.41) is 29.1. The van der Waals surface area contributed by atoms with Crippen LogP contribution in [0.25, 0.3) is 0 Å². The van der Waals surface area contributed by atoms with Gasteiger partial charge in [0.2, 0.25) is 0 Å². The van der Waals surface area contributed by atoms with Crippen LogP contribution in [0, 0.1) is 0 Å². The van der Waals surface area contributed by atoms with Crippen LogP contribution in [0.3, 0.4) is 0 Å². The van der Waals surface area contributed by atoms with Gasteiger partial charge in [-0.1, -0.05) is 33.1 Å². The quantitative estimate of drug-likeness (QED) is 0.298. The molecule has 1 rings (SSSR count). The number of hydrogen-bond donors (Lipinski definition) is 3. The molecule has 5 atom stereocenters. The molecule has 0 aromatic heterocycles. The highest BCUT2D eigenvalue weighted by atomic mass is 16.7. The lowest BCUT2D eigenvalue weighted by atomic mass is 10.1. The fraction of sp³-hybridized carbons (Fsp3) is 0.895. The highest BCUT2D eigenvalue weighted by Gasteiger charge is 2.38. The highest BCUT2D eigenvalue weighted by Crippen LogP contribution is 2.17. The van der Waals surface area contributed by atoms with Crippen molar-refractivity contribution in [2.75, 3.05) is 19.8 Å². The van der Waals surface area contributed by atoms with Gasteiger partial charge in [0.15, 0.2) is 12.4 Å². The number of hydrogen-bond acceptors (Lipinski definition) is 9. The van der Waals surface area contributed by atoms with Crippen molar-refractivity contribution in [3.63, 3.8) is 0 Å². The predicted octanol–water partition coefficient (Wildman–Crippen LogP) is 0.667. The lowest BCUT2D eigenvalue weighted by molar-refractivity contribution is -0.275. The van der Waals surface area contributed by atoms with Gasteiger partial charge in [0.1, 0.15) is 24.9 Å². The molecule has 0 aromatic rings. The van der Waals surface area contributed by atoms with Crippen LogP contribution in [0.2, 0.25) is 0 Å². The lowest BCUT2D eigenvalue weighted by Crippen LogP contribution is -2.54. The SMILES string of the molecule is CCCCCC(=O)OC[C@H](CO[C@@H]1OC[C@H](O)[C@H](O)[C@H]1O)OC(=O)CCCC. The summed E-state index contributed by atoms with van der Waals surface area (Å²) in [5.41, 5.74) is 0. The Labute approximate surface area is 165 Å². The van der Waals surface area contributed by atoms with E-state index >= 15 is 0 Å². The maximum absolute atomic E-state index is 11.9. The molecule has 0 bridgehead atoms. The smallest absolute Gasteiger partial charge is 0.306 e. The molecule has 28 heavy (non-hydrogen) atoms. The zero-order valence-electron chi connectivity index (χ0n) is 16.7. The molecular weight excluding hydrogens is 372 g/mol. The normalized spacial score (nSPS) is 25.9. The first-order valence-corrected chi connectivity index (χ1v) is 10.0. The fourth-order valence-corrected chi connectivity index (χ4v) is 2.59. The van der Waals surface area contributed by atoms with Crippen molar-refractivity contribution in [3.05, 3.63) is 0 Å². The lowest BCUT2D eigenvalue weighted by Gasteiger charge is -2.35. The van der Waals surface area contributed by atoms with Crippen molar-refractivity contribution in [1.29, 1.82) is 0 Å². The van der Waals surface area contributed by atoms with E-state index < -0.39 is 36.7 Å². The van der Waals surface area contributed by atoms with E-state index in [1.807, 2.05) is 13.8 Å². The number of carbonyl (C=O) groups excluding carboxylic acids is 2. The van der Waals surface area contributed by atoms with Gasteiger partial charge in [-0.3, -0.25) is 9.59 Å². The molecule has 1 fully saturated rings. The Kier molecular flexibility index (Phi) is 12.2. The first kappa shape index (κ1) is 24.8. The van der Waals surface area contributed by atoms with E-state index in [0.29, 0.717) is 12.8 Å². The minimum absolute atomic E-state index is 0.170. The number of aliphatic hydroxyl groups excluding tert-OH is 3. The van der Waals surface area contributed by atoms with Crippen molar-refractivity contribution in [2.45, 2.75) is 89.5 Å². The van der Waals surface area contributed by atoms with E-state index in [1.165, 1.54) is 0 Å². The summed E-state index contributed by atoms with van der Waals surface area (Å²) in [6, 6.07) is 0. The van der Waals surface area contributed by atoms with Crippen LogP contribution in [0.4, 0.5) is 0 Å². The van der Waals surface area contributed by atoms with Crippen molar-refractivity contribution in [1.82, 2.24) is 0 Å². The Bertz CT molecular complexity index is 457. The van der Waals surface area contributed by atoms with Crippen LogP contribution in [0.15, 0.2) is 0 Å². The molecular formula is C19H34O9. The van der Waals surface area contributed by atoms with Crippen molar-refractivity contribution < 1.29 is 43.9 Å². The van der Waals surface area contributed by atoms with Gasteiger partial charge in [-0.05, 0) is 12.8 Å². The number of rotatable bonds is 13. The van der Waals surface area contributed by atoms with Crippen LogP contribution < -0.4 is 0 Å². The van der Waals surface area contributed by atoms with Crippen molar-refractivity contribution >= 4 is 11.9 Å². The fourth-order valence-electron chi connectivity index (χ4n) is 2.59. The van der Waals surface area contributed by atoms with Crippen LogP contribution in [-0.2, 0) is 28.5 Å². The zero-order valence-corrected chi connectivity index (χ0v) is 16.7. The third kappa shape index (κ3) is 9.29. The largest absolute Gasteiger partial charge is 0.462 e. The summed E-state index contributed by atoms with van der Waals surface area (Å²) in [6.45, 7) is 3.43. The molecule has 0 aliphatic carbocycles. The van der Waals surface area contributed by atoms with E-state index in [0.717, 1.165) is 25.7 Å². The average molecular weight is 406 g/mol. The molecule has 3 N–H and O–H groups in total. The van der Waals surface area contributed by atoms with Crippen LogP contribution in [0.5, 0.6) is 0 Å². The van der Waals surface area contributed by atoms with Gasteiger partial charge in [0, 0.05) is 12.8 Å². The first-order valence-electron chi connectivity index (χ1n) is 10.0. The molecule has 0 unspecified atom stereocenters. The molecule has 0 saturated carbocycles. The predicted molar refractivity (Wildman–Crippen MR) is 98.2 cm³/mol. The van der Waals surface area contributed by atoms with E-state index in [9.17, 15) is 24.9 Å². The van der Waals surface area contributed by atoms with Gasteiger partial charge in [0.25, 0.3) is 0 Å². The van der Waals surface area contributed by atoms with E-state index in [4.69, 9.17) is 18.9 Å². The van der Waals surface area contributed by atoms with E-state index in [-0.39, 0.29) is 32.2 Å². The summed E-state index contributed by atoms with van der Waals surface area (Å²) in [6.07, 6.45) is -1.40. The topological polar surface area (TPSA) is 132 Å². The standard InChI is InChI=1S/C19H34O9/c1-3-5-7-9-15(21)25-10-13(28-16(22)8-6-4-2)11-26-19-18(24)17(23)14(20)12-27-19/h13-14,17-20,23-24H,3-12H2,1-2H3/t13-,14+,17+,18-,19-/m1/s1. The van der Waals surface area contributed by atoms with Crippen LogP contribution in [-0.4, -0.2) is 77.8 Å². The molecule has 1 saturated heterocycles. The van der Waals surface area contributed by atoms with E-state index in [2.05, 4.69) is 0 Å². The molecule has 0 radical (unpaired) electrons. The Balaban J connectivity index is 2.52. The maximum atomic E-state index is 11.9. The minimum atomic E-state index is -1.45. The van der Waals surface area contributed by atoms with Gasteiger partial charge >= 0.3 is 11.9 Å². The third-order valence-electron chi connectivity index (χ3n) is 4.35. The second kappa shape index (κ2) is 13.8. The van der Waals surface area contributed by atoms with Crippen LogP contribution >= 0.6 is 0 Å². The van der Waals surface area contributed by atoms with Gasteiger partial charge in [-0.25, -0.2) is 0 Å². The molecule has 9 nitrogen and oxygen atoms in total. The maximum Gasteiger partial charge on any atom is 0.306 e. The van der Waals surface area contributed by atoms with Gasteiger partial charge in [-0.2, -0.15) is 0 Å². The summed E-state index contributed by atoms with van der Waals surface area (Å²) < 4.78 is 21.0.